The van der Waals surface area contributed by atoms with Crippen LogP contribution >= 0.6 is 0 Å². The molecule has 1 aromatic heterocycles. The Kier molecular flexibility index (Phi) is 38.3. The number of aliphatic hydroxyl groups excluding tert-OH is 1. The van der Waals surface area contributed by atoms with Crippen molar-refractivity contribution in [1.82, 2.24) is 84.0 Å². The fourth-order valence-corrected chi connectivity index (χ4v) is 11.9. The molecule has 2 aromatic rings. The Morgan fingerprint density at radius 2 is 1.10 bits per heavy atom. The number of hydrogen-bond acceptors (Lipinski definition) is 20. The Balaban J connectivity index is 1.70. The van der Waals surface area contributed by atoms with E-state index in [0.717, 1.165) is 0 Å². The molecule has 3 rings (SSSR count). The number of rotatable bonds is 44. The number of aromatic nitrogens is 2. The number of nitrogens with two attached hydrogens (primary N) is 4. The van der Waals surface area contributed by atoms with E-state index in [9.17, 15) is 82.1 Å². The number of carbonyl (C=O) groups excluding carboxylic acids is 15. The fraction of sp³-hybridized carbons (Fsp3) is 0.569. The van der Waals surface area contributed by atoms with E-state index in [2.05, 4.69) is 127 Å². The number of phenols is 1. The van der Waals surface area contributed by atoms with Gasteiger partial charge >= 0.3 is 578 Å². The summed E-state index contributed by atoms with van der Waals surface area (Å²) in [5.74, 6) is -13.5. The van der Waals surface area contributed by atoms with Gasteiger partial charge in [0, 0.05) is 0 Å². The summed E-state index contributed by atoms with van der Waals surface area (Å²) < 4.78 is 0. The first-order valence-electron chi connectivity index (χ1n) is 31.4. The number of nitrogens with zero attached hydrogens (tertiary/aromatic N) is 2. The molecule has 38 nitrogen and oxygen atoms in total. The van der Waals surface area contributed by atoms with Crippen molar-refractivity contribution in [3.05, 3.63) is 48.0 Å². The van der Waals surface area contributed by atoms with E-state index in [1.807, 2.05) is 16.0 Å². The maximum absolute atomic E-state index is 14.5. The predicted octanol–water partition coefficient (Wildman–Crippen LogP) is -11.6. The second-order valence-electron chi connectivity index (χ2n) is 22.9. The molecule has 1 fully saturated rings. The molecule has 2 heterocycles. The number of guanidine groups is 1. The van der Waals surface area contributed by atoms with Crippen LogP contribution in [0.2, 0.25) is 21.3 Å². The standard InChI is InChI=1S/C58H91N21O17Se4/c1-28(68-56(95)43-9-6-16-79(43)57(96)37(18-31-20-64-27-67-31)73-54(93)41(25-99)78-55(94)42(26-100)77-49(88)33(69-29(2)81)8-5-15-65-58(62)63)47(86)76-40(24-98)48(87)66-21-45(84)70-34(7-3-4-14-59)50(89)72-36(19-44(60)83)52(91)71-35(17-30-10-12-32(82)13-11-30)51(90)74-38(22-80)53(92)75-39(23-97)46(61)85/h10-13,20,27-28,33-43,80,82,97-100H,3-9,14-19,21-26,59H2,1-2H3,(H2,60,83)(H2,61,85)(H,64,67)(H,66,87)(H,68,95)(H,69,81)(H,70,84)(H,71,91)(H,72,89)(H,73,93)(H,74,90)(H,75,92)(H,76,86)(H,77,88)(H,78,94)(H4,62,63,65)/t28-,33-,34-,35-,36-,37-,38-,39-,40-,41-,42-,43-/m0/s1. The molecule has 25 N–H and O–H groups in total. The topological polar surface area (TPSA) is 613 Å². The van der Waals surface area contributed by atoms with Crippen molar-refractivity contribution in [3.63, 3.8) is 0 Å². The predicted molar refractivity (Wildman–Crippen MR) is 364 cm³/mol. The number of H-pyrrole nitrogens is 1. The Bertz CT molecular complexity index is 3180. The zero-order valence-electron chi connectivity index (χ0n) is 54.8. The minimum atomic E-state index is -1.80. The number of unbranched alkanes of at least 4 members (excludes halogenated alkanes) is 1. The molecule has 0 spiro atoms. The van der Waals surface area contributed by atoms with Crippen LogP contribution in [-0.4, -0.2) is 289 Å². The number of benzene rings is 1. The third-order valence-electron chi connectivity index (χ3n) is 15.0. The van der Waals surface area contributed by atoms with Gasteiger partial charge in [0.2, 0.25) is 5.91 Å². The van der Waals surface area contributed by atoms with Gasteiger partial charge in [-0.25, -0.2) is 0 Å². The molecule has 0 radical (unpaired) electrons. The van der Waals surface area contributed by atoms with Gasteiger partial charge in [-0.2, -0.15) is 0 Å². The summed E-state index contributed by atoms with van der Waals surface area (Å²) in [7, 11) is 0. The Labute approximate surface area is 607 Å². The molecule has 1 aliphatic heterocycles. The van der Waals surface area contributed by atoms with Crippen LogP contribution in [0, 0.1) is 5.41 Å². The summed E-state index contributed by atoms with van der Waals surface area (Å²) >= 11 is 8.42. The number of nitrogens with one attached hydrogen (secondary N) is 15. The summed E-state index contributed by atoms with van der Waals surface area (Å²) in [6, 6.07) is -11.0. The SMILES string of the molecule is CC(=O)N[C@@H](CCCNC(=N)N)C(=O)N[C@@H](C[SeH])C(=O)N[C@@H](C[SeH])C(=O)N[C@@H](Cc1c[nH]cn1)C(=O)N1CCC[C@H]1C(=O)N[C@@H](C)C(=O)N[C@@H](C[SeH])C(=O)NCC(=O)N[C@@H](CCCCN)C(=O)N[C@@H](CC(N)=O)C(=O)N[C@@H](Cc1ccc(O)cc1)C(=O)N[C@@H](CO)C(=O)N[C@@H](C[SeH])C(N)=O. The fourth-order valence-electron chi connectivity index (χ4n) is 9.70. The van der Waals surface area contributed by atoms with E-state index < -0.39 is 181 Å². The van der Waals surface area contributed by atoms with Crippen molar-refractivity contribution in [1.29, 1.82) is 5.41 Å². The van der Waals surface area contributed by atoms with Gasteiger partial charge in [-0.3, -0.25) is 4.79 Å². The Hall–Kier alpha value is -8.45. The third kappa shape index (κ3) is 29.8. The summed E-state index contributed by atoms with van der Waals surface area (Å²) in [6.45, 7) is 1.25. The number of amides is 15. The van der Waals surface area contributed by atoms with E-state index in [1.165, 1.54) is 55.5 Å². The van der Waals surface area contributed by atoms with Gasteiger partial charge in [0.1, 0.15) is 5.75 Å². The second-order valence-corrected chi connectivity index (χ2v) is 26.0. The molecule has 1 aliphatic rings. The van der Waals surface area contributed by atoms with Crippen molar-refractivity contribution >= 4 is 159 Å². The number of hydrogen-bond donors (Lipinski definition) is 21. The number of aromatic amines is 1. The number of phenolic OH excluding ortho intramolecular Hbond substituents is 1. The molecule has 100 heavy (non-hydrogen) atoms. The number of carbonyl (C=O) groups is 15. The quantitative estimate of drug-likeness (QED) is 0.0127. The zero-order chi connectivity index (χ0) is 74.8. The van der Waals surface area contributed by atoms with Crippen LogP contribution in [0.25, 0.3) is 0 Å². The van der Waals surface area contributed by atoms with Gasteiger partial charge in [-0.1, -0.05) is 0 Å². The van der Waals surface area contributed by atoms with E-state index in [4.69, 9.17) is 28.3 Å². The second kappa shape index (κ2) is 44.6. The van der Waals surface area contributed by atoms with Crippen LogP contribution in [0.15, 0.2) is 36.8 Å². The molecule has 0 unspecified atom stereocenters. The molecule has 15 amide bonds. The van der Waals surface area contributed by atoms with Crippen molar-refractivity contribution < 1.29 is 82.1 Å². The zero-order valence-corrected chi connectivity index (χ0v) is 62.3. The van der Waals surface area contributed by atoms with Crippen molar-refractivity contribution in [2.24, 2.45) is 22.9 Å². The molecular weight excluding hydrogens is 1580 g/mol. The van der Waals surface area contributed by atoms with Gasteiger partial charge in [-0.05, 0) is 0 Å². The van der Waals surface area contributed by atoms with Crippen molar-refractivity contribution in [2.45, 2.75) is 172 Å². The number of likely N-dealkylation sites (tertiary alicyclic amines) is 1. The molecule has 42 heteroatoms. The average molecular weight is 1670 g/mol. The van der Waals surface area contributed by atoms with Gasteiger partial charge in [0.05, 0.1) is 0 Å². The third-order valence-corrected chi connectivity index (χ3v) is 18.1. The van der Waals surface area contributed by atoms with E-state index in [-0.39, 0.29) is 91.1 Å². The summed E-state index contributed by atoms with van der Waals surface area (Å²) in [6.07, 6.45) is 2.93. The molecular formula is C58H91N21O17Se4. The molecule has 1 aromatic carbocycles. The number of aliphatic hydroxyl groups is 1. The number of aromatic hydroxyl groups is 1. The summed E-state index contributed by atoms with van der Waals surface area (Å²) in [5.41, 5.74) is 22.5. The normalized spacial score (nSPS) is 15.8. The Morgan fingerprint density at radius 3 is 1.64 bits per heavy atom. The molecule has 0 aliphatic carbocycles. The van der Waals surface area contributed by atoms with E-state index in [0.29, 0.717) is 30.5 Å². The molecule has 554 valence electrons. The number of primary amides is 2. The van der Waals surface area contributed by atoms with Crippen LogP contribution < -0.4 is 92.1 Å². The van der Waals surface area contributed by atoms with Gasteiger partial charge in [0.15, 0.2) is 0 Å². The maximum atomic E-state index is 14.5. The molecule has 0 saturated carbocycles. The first-order chi connectivity index (χ1) is 47.4. The summed E-state index contributed by atoms with van der Waals surface area (Å²) in [4.78, 5) is 209. The van der Waals surface area contributed by atoms with Gasteiger partial charge < -0.3 is 16.6 Å². The number of imidazole rings is 1. The molecule has 12 atom stereocenters. The minimum absolute atomic E-state index is 0.00912. The van der Waals surface area contributed by atoms with Crippen LogP contribution in [0.1, 0.15) is 76.5 Å². The Morgan fingerprint density at radius 1 is 0.600 bits per heavy atom. The van der Waals surface area contributed by atoms with Crippen LogP contribution in [0.5, 0.6) is 5.75 Å². The monoisotopic (exact) mass is 1670 g/mol. The van der Waals surface area contributed by atoms with Crippen LogP contribution in [-0.2, 0) is 84.8 Å². The van der Waals surface area contributed by atoms with Crippen molar-refractivity contribution in [3.8, 4) is 5.75 Å². The average Bonchev–Trinajstić information content (AvgIpc) is 1.61. The first-order valence-corrected chi connectivity index (χ1v) is 36.7. The van der Waals surface area contributed by atoms with Gasteiger partial charge in [-0.15, -0.1) is 0 Å². The van der Waals surface area contributed by atoms with Gasteiger partial charge in [0.25, 0.3) is 0 Å². The summed E-state index contributed by atoms with van der Waals surface area (Å²) in [5, 5.41) is 59.4. The molecule has 0 bridgehead atoms. The van der Waals surface area contributed by atoms with Crippen LogP contribution in [0.4, 0.5) is 0 Å². The van der Waals surface area contributed by atoms with Crippen LogP contribution in [0.3, 0.4) is 0 Å². The first kappa shape index (κ1) is 85.8. The molecule has 1 saturated heterocycles. The van der Waals surface area contributed by atoms with E-state index >= 15 is 0 Å². The van der Waals surface area contributed by atoms with Crippen molar-refractivity contribution in [2.75, 3.05) is 32.8 Å². The van der Waals surface area contributed by atoms with E-state index in [1.54, 1.807) is 0 Å².